The zero-order valence-corrected chi connectivity index (χ0v) is 11.3. The van der Waals surface area contributed by atoms with Gasteiger partial charge >= 0.3 is 5.97 Å². The van der Waals surface area contributed by atoms with Crippen molar-refractivity contribution >= 4 is 11.7 Å². The van der Waals surface area contributed by atoms with Gasteiger partial charge in [-0.05, 0) is 37.9 Å². The van der Waals surface area contributed by atoms with E-state index in [0.29, 0.717) is 11.6 Å². The van der Waals surface area contributed by atoms with Gasteiger partial charge in [0.15, 0.2) is 0 Å². The number of aromatic carboxylic acids is 1. The monoisotopic (exact) mass is 260 g/mol. The Morgan fingerprint density at radius 2 is 2.16 bits per heavy atom. The lowest BCUT2D eigenvalue weighted by Crippen LogP contribution is -2.50. The maximum Gasteiger partial charge on any atom is 0.337 e. The molecule has 2 fully saturated rings. The molecule has 4 heteroatoms. The molecule has 2 heterocycles. The SMILES string of the molecule is Cc1cccc(C(=O)O)c1N1CCN2CCCC2C1. The van der Waals surface area contributed by atoms with Crippen LogP contribution < -0.4 is 4.90 Å². The lowest BCUT2D eigenvalue weighted by molar-refractivity contribution is 0.0697. The van der Waals surface area contributed by atoms with Gasteiger partial charge < -0.3 is 10.0 Å². The highest BCUT2D eigenvalue weighted by molar-refractivity contribution is 5.95. The molecular formula is C15H20N2O2. The molecule has 0 amide bonds. The number of benzene rings is 1. The summed E-state index contributed by atoms with van der Waals surface area (Å²) in [5.41, 5.74) is 2.42. The van der Waals surface area contributed by atoms with E-state index in [2.05, 4.69) is 9.80 Å². The molecule has 19 heavy (non-hydrogen) atoms. The number of piperazine rings is 1. The molecule has 3 rings (SSSR count). The van der Waals surface area contributed by atoms with Crippen molar-refractivity contribution in [1.29, 1.82) is 0 Å². The van der Waals surface area contributed by atoms with Gasteiger partial charge in [0, 0.05) is 25.7 Å². The molecule has 2 aliphatic rings. The van der Waals surface area contributed by atoms with E-state index in [0.717, 1.165) is 30.9 Å². The average Bonchev–Trinajstić information content (AvgIpc) is 2.85. The Balaban J connectivity index is 1.91. The Morgan fingerprint density at radius 1 is 1.32 bits per heavy atom. The van der Waals surface area contributed by atoms with Gasteiger partial charge in [0.1, 0.15) is 0 Å². The number of para-hydroxylation sites is 1. The Kier molecular flexibility index (Phi) is 3.19. The van der Waals surface area contributed by atoms with Crippen LogP contribution >= 0.6 is 0 Å². The summed E-state index contributed by atoms with van der Waals surface area (Å²) in [7, 11) is 0. The number of carboxylic acids is 1. The summed E-state index contributed by atoms with van der Waals surface area (Å²) in [6.45, 7) is 6.16. The summed E-state index contributed by atoms with van der Waals surface area (Å²) in [6.07, 6.45) is 2.52. The van der Waals surface area contributed by atoms with Crippen LogP contribution in [0.15, 0.2) is 18.2 Å². The number of aryl methyl sites for hydroxylation is 1. The second-order valence-electron chi connectivity index (χ2n) is 5.55. The summed E-state index contributed by atoms with van der Waals surface area (Å²) in [5, 5.41) is 9.37. The molecule has 102 valence electrons. The highest BCUT2D eigenvalue weighted by Crippen LogP contribution is 2.30. The first-order chi connectivity index (χ1) is 9.16. The number of fused-ring (bicyclic) bond motifs is 1. The van der Waals surface area contributed by atoms with Crippen LogP contribution in [0.5, 0.6) is 0 Å². The fraction of sp³-hybridized carbons (Fsp3) is 0.533. The van der Waals surface area contributed by atoms with Crippen molar-refractivity contribution in [2.24, 2.45) is 0 Å². The molecule has 0 saturated carbocycles. The number of rotatable bonds is 2. The van der Waals surface area contributed by atoms with E-state index in [1.165, 1.54) is 19.4 Å². The van der Waals surface area contributed by atoms with Crippen LogP contribution in [0.2, 0.25) is 0 Å². The second-order valence-corrected chi connectivity index (χ2v) is 5.55. The van der Waals surface area contributed by atoms with Crippen molar-refractivity contribution < 1.29 is 9.90 Å². The number of hydrogen-bond acceptors (Lipinski definition) is 3. The zero-order chi connectivity index (χ0) is 13.4. The van der Waals surface area contributed by atoms with Crippen LogP contribution in [-0.2, 0) is 0 Å². The fourth-order valence-corrected chi connectivity index (χ4v) is 3.45. The molecule has 2 aliphatic heterocycles. The molecule has 1 aromatic carbocycles. The maximum atomic E-state index is 11.4. The Labute approximate surface area is 113 Å². The second kappa shape index (κ2) is 4.85. The van der Waals surface area contributed by atoms with Crippen LogP contribution in [0.25, 0.3) is 0 Å². The molecule has 0 aromatic heterocycles. The van der Waals surface area contributed by atoms with E-state index in [1.54, 1.807) is 6.07 Å². The van der Waals surface area contributed by atoms with E-state index in [1.807, 2.05) is 19.1 Å². The van der Waals surface area contributed by atoms with Crippen molar-refractivity contribution in [1.82, 2.24) is 4.90 Å². The summed E-state index contributed by atoms with van der Waals surface area (Å²) in [5.74, 6) is -0.826. The van der Waals surface area contributed by atoms with Gasteiger partial charge in [-0.25, -0.2) is 4.79 Å². The van der Waals surface area contributed by atoms with Crippen molar-refractivity contribution in [3.8, 4) is 0 Å². The molecule has 1 aromatic rings. The number of nitrogens with zero attached hydrogens (tertiary/aromatic N) is 2. The van der Waals surface area contributed by atoms with Crippen LogP contribution in [0.3, 0.4) is 0 Å². The Bertz CT molecular complexity index is 501. The summed E-state index contributed by atoms with van der Waals surface area (Å²) in [6, 6.07) is 6.15. The lowest BCUT2D eigenvalue weighted by atomic mass is 10.0. The van der Waals surface area contributed by atoms with Gasteiger partial charge in [-0.15, -0.1) is 0 Å². The highest BCUT2D eigenvalue weighted by atomic mass is 16.4. The van der Waals surface area contributed by atoms with E-state index < -0.39 is 5.97 Å². The van der Waals surface area contributed by atoms with Crippen molar-refractivity contribution in [3.05, 3.63) is 29.3 Å². The van der Waals surface area contributed by atoms with E-state index in [-0.39, 0.29) is 0 Å². The van der Waals surface area contributed by atoms with Crippen LogP contribution in [0.1, 0.15) is 28.8 Å². The predicted molar refractivity (Wildman–Crippen MR) is 74.9 cm³/mol. The quantitative estimate of drug-likeness (QED) is 0.883. The fourth-order valence-electron chi connectivity index (χ4n) is 3.45. The van der Waals surface area contributed by atoms with E-state index >= 15 is 0 Å². The van der Waals surface area contributed by atoms with Gasteiger partial charge in [0.25, 0.3) is 0 Å². The molecule has 0 radical (unpaired) electrons. The molecule has 1 atom stereocenters. The molecule has 4 nitrogen and oxygen atoms in total. The maximum absolute atomic E-state index is 11.4. The first-order valence-electron chi connectivity index (χ1n) is 6.98. The predicted octanol–water partition coefficient (Wildman–Crippen LogP) is 1.98. The van der Waals surface area contributed by atoms with Gasteiger partial charge in [-0.3, -0.25) is 4.90 Å². The van der Waals surface area contributed by atoms with Crippen molar-refractivity contribution in [3.63, 3.8) is 0 Å². The van der Waals surface area contributed by atoms with Gasteiger partial charge in [0.05, 0.1) is 11.3 Å². The minimum atomic E-state index is -0.826. The standard InChI is InChI=1S/C15H20N2O2/c1-11-4-2-6-13(15(18)19)14(11)17-9-8-16-7-3-5-12(16)10-17/h2,4,6,12H,3,5,7-10H2,1H3,(H,18,19). The smallest absolute Gasteiger partial charge is 0.337 e. The largest absolute Gasteiger partial charge is 0.478 e. The van der Waals surface area contributed by atoms with Gasteiger partial charge in [-0.2, -0.15) is 0 Å². The summed E-state index contributed by atoms with van der Waals surface area (Å²) in [4.78, 5) is 16.2. The molecular weight excluding hydrogens is 240 g/mol. The normalized spacial score (nSPS) is 23.4. The molecule has 2 saturated heterocycles. The molecule has 0 bridgehead atoms. The first-order valence-corrected chi connectivity index (χ1v) is 6.98. The summed E-state index contributed by atoms with van der Waals surface area (Å²) >= 11 is 0. The van der Waals surface area contributed by atoms with Crippen molar-refractivity contribution in [2.45, 2.75) is 25.8 Å². The Hall–Kier alpha value is -1.55. The average molecular weight is 260 g/mol. The van der Waals surface area contributed by atoms with Crippen molar-refractivity contribution in [2.75, 3.05) is 31.1 Å². The Morgan fingerprint density at radius 3 is 2.95 bits per heavy atom. The van der Waals surface area contributed by atoms with Crippen LogP contribution in [0, 0.1) is 6.92 Å². The highest BCUT2D eigenvalue weighted by Gasteiger charge is 2.32. The summed E-state index contributed by atoms with van der Waals surface area (Å²) < 4.78 is 0. The third-order valence-electron chi connectivity index (χ3n) is 4.37. The van der Waals surface area contributed by atoms with E-state index in [9.17, 15) is 9.90 Å². The van der Waals surface area contributed by atoms with Gasteiger partial charge in [-0.1, -0.05) is 12.1 Å². The van der Waals surface area contributed by atoms with Crippen LogP contribution in [0.4, 0.5) is 5.69 Å². The first kappa shape index (κ1) is 12.5. The third kappa shape index (κ3) is 2.21. The van der Waals surface area contributed by atoms with Gasteiger partial charge in [0.2, 0.25) is 0 Å². The third-order valence-corrected chi connectivity index (χ3v) is 4.37. The molecule has 1 N–H and O–H groups in total. The number of hydrogen-bond donors (Lipinski definition) is 1. The zero-order valence-electron chi connectivity index (χ0n) is 11.3. The number of carboxylic acid groups (broad SMARTS) is 1. The van der Waals surface area contributed by atoms with Crippen LogP contribution in [-0.4, -0.2) is 48.2 Å². The molecule has 1 unspecified atom stereocenters. The minimum absolute atomic E-state index is 0.437. The molecule has 0 aliphatic carbocycles. The van der Waals surface area contributed by atoms with E-state index in [4.69, 9.17) is 0 Å². The molecule has 0 spiro atoms. The topological polar surface area (TPSA) is 43.8 Å². The number of carbonyl (C=O) groups is 1. The lowest BCUT2D eigenvalue weighted by Gasteiger charge is -2.39. The number of anilines is 1. The minimum Gasteiger partial charge on any atom is -0.478 e.